The van der Waals surface area contributed by atoms with Crippen LogP contribution >= 0.6 is 11.6 Å². The molecule has 1 aliphatic heterocycles. The summed E-state index contributed by atoms with van der Waals surface area (Å²) in [4.78, 5) is 11.5. The van der Waals surface area contributed by atoms with Gasteiger partial charge in [0, 0.05) is 17.6 Å². The van der Waals surface area contributed by atoms with Crippen LogP contribution in [0.1, 0.15) is 51.3 Å². The summed E-state index contributed by atoms with van der Waals surface area (Å²) < 4.78 is 0. The topological polar surface area (TPSA) is 79.8 Å². The number of fused-ring (bicyclic) bond motifs is 2. The standard InChI is InChI=1S/C22H27ClN6/c1-21(2)8-17-9-22(3,13-21)14-29(17)19-12-25-11-18(27-19)20(24)28-26-10-15-4-6-16(23)7-5-15/h4-7,10-12,17H,8-9,13-14H2,1-3H3,(H2,24,28)/b26-10+. The van der Waals surface area contributed by atoms with Crippen LogP contribution in [0.15, 0.2) is 46.9 Å². The molecule has 1 aromatic heterocycles. The molecule has 1 aromatic carbocycles. The maximum absolute atomic E-state index is 6.12. The van der Waals surface area contributed by atoms with Crippen molar-refractivity contribution >= 4 is 29.5 Å². The molecule has 7 heteroatoms. The Morgan fingerprint density at radius 3 is 2.72 bits per heavy atom. The predicted molar refractivity (Wildman–Crippen MR) is 119 cm³/mol. The Balaban J connectivity index is 1.52. The van der Waals surface area contributed by atoms with Crippen LogP contribution in [-0.4, -0.2) is 34.6 Å². The van der Waals surface area contributed by atoms with Gasteiger partial charge in [0.05, 0.1) is 18.6 Å². The first-order chi connectivity index (χ1) is 13.7. The van der Waals surface area contributed by atoms with E-state index >= 15 is 0 Å². The van der Waals surface area contributed by atoms with Gasteiger partial charge in [-0.25, -0.2) is 4.98 Å². The van der Waals surface area contributed by atoms with E-state index < -0.39 is 0 Å². The van der Waals surface area contributed by atoms with E-state index in [0.29, 0.717) is 27.6 Å². The van der Waals surface area contributed by atoms with E-state index in [4.69, 9.17) is 22.3 Å². The zero-order chi connectivity index (χ0) is 20.6. The van der Waals surface area contributed by atoms with Crippen LogP contribution in [0.3, 0.4) is 0 Å². The molecule has 6 nitrogen and oxygen atoms in total. The Morgan fingerprint density at radius 1 is 1.21 bits per heavy atom. The van der Waals surface area contributed by atoms with E-state index in [-0.39, 0.29) is 5.84 Å². The van der Waals surface area contributed by atoms with E-state index in [2.05, 4.69) is 40.9 Å². The molecule has 1 saturated heterocycles. The molecule has 2 heterocycles. The summed E-state index contributed by atoms with van der Waals surface area (Å²) in [6, 6.07) is 7.84. The van der Waals surface area contributed by atoms with Gasteiger partial charge in [-0.15, -0.1) is 5.10 Å². The number of benzene rings is 1. The van der Waals surface area contributed by atoms with E-state index in [1.165, 1.54) is 19.3 Å². The highest BCUT2D eigenvalue weighted by Crippen LogP contribution is 2.53. The van der Waals surface area contributed by atoms with Gasteiger partial charge in [0.15, 0.2) is 5.84 Å². The lowest BCUT2D eigenvalue weighted by Crippen LogP contribution is -2.35. The van der Waals surface area contributed by atoms with Crippen molar-refractivity contribution in [2.45, 2.75) is 46.1 Å². The zero-order valence-corrected chi connectivity index (χ0v) is 17.9. The average Bonchev–Trinajstić information content (AvgIpc) is 2.92. The van der Waals surface area contributed by atoms with E-state index in [1.807, 2.05) is 18.3 Å². The number of hydrogen-bond donors (Lipinski definition) is 1. The van der Waals surface area contributed by atoms with Gasteiger partial charge in [-0.05, 0) is 47.8 Å². The zero-order valence-electron chi connectivity index (χ0n) is 17.1. The van der Waals surface area contributed by atoms with Gasteiger partial charge < -0.3 is 10.6 Å². The molecule has 2 N–H and O–H groups in total. The van der Waals surface area contributed by atoms with Gasteiger partial charge in [0.25, 0.3) is 0 Å². The van der Waals surface area contributed by atoms with Crippen LogP contribution in [0, 0.1) is 10.8 Å². The minimum atomic E-state index is 0.248. The summed E-state index contributed by atoms with van der Waals surface area (Å²) in [7, 11) is 0. The second-order valence-electron chi connectivity index (χ2n) is 9.39. The fourth-order valence-electron chi connectivity index (χ4n) is 5.10. The van der Waals surface area contributed by atoms with Crippen molar-refractivity contribution in [2.24, 2.45) is 26.8 Å². The molecule has 4 rings (SSSR count). The first kappa shape index (κ1) is 19.8. The van der Waals surface area contributed by atoms with Crippen LogP contribution < -0.4 is 10.6 Å². The molecule has 2 bridgehead atoms. The molecular formula is C22H27ClN6. The number of halogens is 1. The lowest BCUT2D eigenvalue weighted by Gasteiger charge is -2.39. The van der Waals surface area contributed by atoms with E-state index in [9.17, 15) is 0 Å². The summed E-state index contributed by atoms with van der Waals surface area (Å²) in [5.74, 6) is 1.12. The first-order valence-electron chi connectivity index (χ1n) is 9.94. The number of nitrogens with two attached hydrogens (primary N) is 1. The third-order valence-electron chi connectivity index (χ3n) is 5.84. The molecule has 1 saturated carbocycles. The minimum Gasteiger partial charge on any atom is -0.380 e. The van der Waals surface area contributed by atoms with Gasteiger partial charge in [-0.1, -0.05) is 44.5 Å². The molecule has 0 amide bonds. The van der Waals surface area contributed by atoms with Crippen molar-refractivity contribution in [3.63, 3.8) is 0 Å². The number of nitrogens with zero attached hydrogens (tertiary/aromatic N) is 5. The van der Waals surface area contributed by atoms with Crippen molar-refractivity contribution in [3.05, 3.63) is 52.9 Å². The van der Waals surface area contributed by atoms with Gasteiger partial charge in [0.2, 0.25) is 0 Å². The Hall–Kier alpha value is -2.47. The van der Waals surface area contributed by atoms with Crippen molar-refractivity contribution in [2.75, 3.05) is 11.4 Å². The van der Waals surface area contributed by atoms with Gasteiger partial charge in [-0.3, -0.25) is 4.98 Å². The van der Waals surface area contributed by atoms with Gasteiger partial charge >= 0.3 is 0 Å². The second kappa shape index (κ2) is 7.41. The van der Waals surface area contributed by atoms with Gasteiger partial charge in [0.1, 0.15) is 11.5 Å². The number of anilines is 1. The summed E-state index contributed by atoms with van der Waals surface area (Å²) in [6.07, 6.45) is 8.70. The molecule has 152 valence electrons. The van der Waals surface area contributed by atoms with Crippen LogP contribution in [0.4, 0.5) is 5.82 Å². The molecule has 2 aromatic rings. The largest absolute Gasteiger partial charge is 0.380 e. The number of amidine groups is 1. The number of hydrogen-bond acceptors (Lipinski definition) is 5. The van der Waals surface area contributed by atoms with Crippen LogP contribution in [0.25, 0.3) is 0 Å². The molecule has 0 radical (unpaired) electrons. The second-order valence-corrected chi connectivity index (χ2v) is 9.82. The maximum Gasteiger partial charge on any atom is 0.173 e. The molecule has 0 spiro atoms. The van der Waals surface area contributed by atoms with Crippen molar-refractivity contribution in [3.8, 4) is 0 Å². The molecule has 2 aliphatic rings. The highest BCUT2D eigenvalue weighted by Gasteiger charge is 2.50. The highest BCUT2D eigenvalue weighted by molar-refractivity contribution is 6.30. The Kier molecular flexibility index (Phi) is 5.07. The highest BCUT2D eigenvalue weighted by atomic mass is 35.5. The van der Waals surface area contributed by atoms with Crippen LogP contribution in [-0.2, 0) is 0 Å². The summed E-state index contributed by atoms with van der Waals surface area (Å²) in [5.41, 5.74) is 8.24. The van der Waals surface area contributed by atoms with Gasteiger partial charge in [-0.2, -0.15) is 5.10 Å². The maximum atomic E-state index is 6.12. The Labute approximate surface area is 176 Å². The van der Waals surface area contributed by atoms with Crippen molar-refractivity contribution in [1.82, 2.24) is 9.97 Å². The van der Waals surface area contributed by atoms with E-state index in [1.54, 1.807) is 24.5 Å². The van der Waals surface area contributed by atoms with Crippen LogP contribution in [0.2, 0.25) is 5.02 Å². The molecule has 2 atom stereocenters. The third-order valence-corrected chi connectivity index (χ3v) is 6.09. The number of rotatable bonds is 4. The van der Waals surface area contributed by atoms with Crippen LogP contribution in [0.5, 0.6) is 0 Å². The minimum absolute atomic E-state index is 0.248. The lowest BCUT2D eigenvalue weighted by atomic mass is 9.65. The van der Waals surface area contributed by atoms with E-state index in [0.717, 1.165) is 17.9 Å². The fourth-order valence-corrected chi connectivity index (χ4v) is 5.23. The quantitative estimate of drug-likeness (QED) is 0.463. The third kappa shape index (κ3) is 4.42. The predicted octanol–water partition coefficient (Wildman–Crippen LogP) is 4.27. The fraction of sp³-hybridized carbons (Fsp3) is 0.455. The molecule has 29 heavy (non-hydrogen) atoms. The first-order valence-corrected chi connectivity index (χ1v) is 10.3. The Bertz CT molecular complexity index is 952. The molecule has 2 unspecified atom stereocenters. The Morgan fingerprint density at radius 2 is 1.97 bits per heavy atom. The van der Waals surface area contributed by atoms with Crippen molar-refractivity contribution in [1.29, 1.82) is 0 Å². The monoisotopic (exact) mass is 410 g/mol. The molecule has 1 aliphatic carbocycles. The smallest absolute Gasteiger partial charge is 0.173 e. The lowest BCUT2D eigenvalue weighted by molar-refractivity contribution is 0.136. The summed E-state index contributed by atoms with van der Waals surface area (Å²) in [5, 5.41) is 8.85. The SMILES string of the molecule is CC1(C)CC2CC(C)(CN2c2cncc(/C(N)=N/N=C/c3ccc(Cl)cc3)n2)C1. The number of aromatic nitrogens is 2. The van der Waals surface area contributed by atoms with Crippen molar-refractivity contribution < 1.29 is 0 Å². The normalized spacial score (nSPS) is 26.3. The summed E-state index contributed by atoms with van der Waals surface area (Å²) >= 11 is 5.89. The molecule has 2 fully saturated rings. The molecular weight excluding hydrogens is 384 g/mol. The average molecular weight is 411 g/mol. The summed E-state index contributed by atoms with van der Waals surface area (Å²) in [6.45, 7) is 8.13.